The van der Waals surface area contributed by atoms with Gasteiger partial charge in [0, 0.05) is 17.6 Å². The van der Waals surface area contributed by atoms with Gasteiger partial charge in [0.25, 0.3) is 10.0 Å². The van der Waals surface area contributed by atoms with Crippen LogP contribution in [0.15, 0.2) is 15.7 Å². The Bertz CT molecular complexity index is 523. The van der Waals surface area contributed by atoms with E-state index in [1.165, 1.54) is 11.4 Å². The Kier molecular flexibility index (Phi) is 4.86. The zero-order valence-electron chi connectivity index (χ0n) is 10.4. The van der Waals surface area contributed by atoms with Gasteiger partial charge in [-0.05, 0) is 12.0 Å². The van der Waals surface area contributed by atoms with Crippen LogP contribution in [0.4, 0.5) is 18.9 Å². The van der Waals surface area contributed by atoms with E-state index < -0.39 is 22.7 Å². The van der Waals surface area contributed by atoms with Gasteiger partial charge in [-0.1, -0.05) is 13.8 Å². The highest BCUT2D eigenvalue weighted by atomic mass is 32.2. The van der Waals surface area contributed by atoms with Crippen LogP contribution in [0.3, 0.4) is 0 Å². The highest BCUT2D eigenvalue weighted by Gasteiger charge is 2.37. The third-order valence-corrected chi connectivity index (χ3v) is 5.36. The summed E-state index contributed by atoms with van der Waals surface area (Å²) < 4.78 is 62.0. The van der Waals surface area contributed by atoms with E-state index in [2.05, 4.69) is 0 Å². The van der Waals surface area contributed by atoms with E-state index in [1.807, 2.05) is 0 Å². The summed E-state index contributed by atoms with van der Waals surface area (Å²) in [6.45, 7) is 1.62. The minimum Gasteiger partial charge on any atom is -0.398 e. The van der Waals surface area contributed by atoms with Crippen LogP contribution in [0.5, 0.6) is 0 Å². The van der Waals surface area contributed by atoms with Crippen LogP contribution in [0.2, 0.25) is 0 Å². The normalized spacial score (nSPS) is 13.4. The van der Waals surface area contributed by atoms with E-state index in [4.69, 9.17) is 5.73 Å². The molecule has 110 valence electrons. The molecule has 0 atom stereocenters. The Morgan fingerprint density at radius 2 is 2.00 bits per heavy atom. The predicted molar refractivity (Wildman–Crippen MR) is 68.4 cm³/mol. The SMILES string of the molecule is CC(C)CN(CC(F)(F)F)S(=O)(=O)c1cc(N)cs1. The first-order valence-electron chi connectivity index (χ1n) is 5.43. The second-order valence-electron chi connectivity index (χ2n) is 4.51. The molecule has 0 fully saturated rings. The molecule has 0 saturated carbocycles. The molecule has 1 heterocycles. The Morgan fingerprint density at radius 1 is 1.42 bits per heavy atom. The Morgan fingerprint density at radius 3 is 2.37 bits per heavy atom. The average Bonchev–Trinajstić information content (AvgIpc) is 2.61. The van der Waals surface area contributed by atoms with Gasteiger partial charge in [0.1, 0.15) is 10.8 Å². The van der Waals surface area contributed by atoms with Crippen molar-refractivity contribution in [2.24, 2.45) is 5.92 Å². The zero-order chi connectivity index (χ0) is 14.8. The number of alkyl halides is 3. The molecule has 0 saturated heterocycles. The number of nitrogens with two attached hydrogens (primary N) is 1. The van der Waals surface area contributed by atoms with Crippen molar-refractivity contribution in [3.8, 4) is 0 Å². The molecule has 0 amide bonds. The van der Waals surface area contributed by atoms with Gasteiger partial charge in [-0.2, -0.15) is 17.5 Å². The number of hydrogen-bond acceptors (Lipinski definition) is 4. The second-order valence-corrected chi connectivity index (χ2v) is 7.58. The van der Waals surface area contributed by atoms with Crippen LogP contribution in [0, 0.1) is 5.92 Å². The largest absolute Gasteiger partial charge is 0.402 e. The molecule has 0 aliphatic rings. The fraction of sp³-hybridized carbons (Fsp3) is 0.600. The van der Waals surface area contributed by atoms with E-state index in [0.29, 0.717) is 4.31 Å². The number of sulfonamides is 1. The van der Waals surface area contributed by atoms with Crippen LogP contribution in [0.1, 0.15) is 13.8 Å². The van der Waals surface area contributed by atoms with Gasteiger partial charge in [-0.3, -0.25) is 0 Å². The summed E-state index contributed by atoms with van der Waals surface area (Å²) >= 11 is 0.816. The van der Waals surface area contributed by atoms with Crippen LogP contribution in [-0.4, -0.2) is 32.0 Å². The average molecular weight is 316 g/mol. The minimum atomic E-state index is -4.58. The van der Waals surface area contributed by atoms with Crippen molar-refractivity contribution in [2.45, 2.75) is 24.2 Å². The first-order chi connectivity index (χ1) is 8.52. The van der Waals surface area contributed by atoms with E-state index in [0.717, 1.165) is 11.3 Å². The summed E-state index contributed by atoms with van der Waals surface area (Å²) in [5.74, 6) is -0.213. The number of hydrogen-bond donors (Lipinski definition) is 1. The standard InChI is InChI=1S/C10H15F3N2O2S2/c1-7(2)4-15(6-10(11,12)13)19(16,17)9-3-8(14)5-18-9/h3,5,7H,4,6,14H2,1-2H3. The highest BCUT2D eigenvalue weighted by Crippen LogP contribution is 2.28. The lowest BCUT2D eigenvalue weighted by atomic mass is 10.2. The molecular weight excluding hydrogens is 301 g/mol. The predicted octanol–water partition coefficient (Wildman–Crippen LogP) is 2.54. The highest BCUT2D eigenvalue weighted by molar-refractivity contribution is 7.91. The Balaban J connectivity index is 3.09. The number of thiophene rings is 1. The number of anilines is 1. The maximum Gasteiger partial charge on any atom is 0.402 e. The maximum absolute atomic E-state index is 12.5. The van der Waals surface area contributed by atoms with Crippen LogP contribution in [-0.2, 0) is 10.0 Å². The van der Waals surface area contributed by atoms with Crippen molar-refractivity contribution >= 4 is 27.0 Å². The summed E-state index contributed by atoms with van der Waals surface area (Å²) in [6.07, 6.45) is -4.58. The van der Waals surface area contributed by atoms with Gasteiger partial charge in [-0.15, -0.1) is 11.3 Å². The molecule has 2 N–H and O–H groups in total. The lowest BCUT2D eigenvalue weighted by Gasteiger charge is -2.24. The molecule has 0 unspecified atom stereocenters. The van der Waals surface area contributed by atoms with Crippen molar-refractivity contribution in [1.82, 2.24) is 4.31 Å². The first-order valence-corrected chi connectivity index (χ1v) is 7.75. The molecule has 1 aromatic rings. The first kappa shape index (κ1) is 16.3. The molecular formula is C10H15F3N2O2S2. The van der Waals surface area contributed by atoms with Crippen molar-refractivity contribution in [1.29, 1.82) is 0 Å². The number of rotatable bonds is 5. The molecule has 4 nitrogen and oxygen atoms in total. The molecule has 0 radical (unpaired) electrons. The van der Waals surface area contributed by atoms with Crippen molar-refractivity contribution in [2.75, 3.05) is 18.8 Å². The Hall–Kier alpha value is -0.800. The van der Waals surface area contributed by atoms with E-state index in [9.17, 15) is 21.6 Å². The summed E-state index contributed by atoms with van der Waals surface area (Å²) in [5.41, 5.74) is 5.63. The van der Waals surface area contributed by atoms with Crippen LogP contribution < -0.4 is 5.73 Å². The van der Waals surface area contributed by atoms with Gasteiger partial charge in [0.05, 0.1) is 0 Å². The molecule has 0 aliphatic carbocycles. The molecule has 0 spiro atoms. The lowest BCUT2D eigenvalue weighted by Crippen LogP contribution is -2.40. The molecule has 0 aromatic carbocycles. The Labute approximate surface area is 114 Å². The molecule has 1 aromatic heterocycles. The van der Waals surface area contributed by atoms with Crippen LogP contribution in [0.25, 0.3) is 0 Å². The van der Waals surface area contributed by atoms with Crippen molar-refractivity contribution < 1.29 is 21.6 Å². The van der Waals surface area contributed by atoms with Crippen molar-refractivity contribution in [3.05, 3.63) is 11.4 Å². The second kappa shape index (κ2) is 5.68. The van der Waals surface area contributed by atoms with Gasteiger partial charge in [-0.25, -0.2) is 8.42 Å². The quantitative estimate of drug-likeness (QED) is 0.908. The molecule has 1 rings (SSSR count). The van der Waals surface area contributed by atoms with Crippen molar-refractivity contribution in [3.63, 3.8) is 0 Å². The summed E-state index contributed by atoms with van der Waals surface area (Å²) in [5, 5.41) is 1.38. The van der Waals surface area contributed by atoms with Gasteiger partial charge < -0.3 is 5.73 Å². The summed E-state index contributed by atoms with van der Waals surface area (Å²) in [7, 11) is -4.16. The van der Waals surface area contributed by atoms with E-state index in [-0.39, 0.29) is 22.4 Å². The third kappa shape index (κ3) is 4.66. The van der Waals surface area contributed by atoms with E-state index in [1.54, 1.807) is 13.8 Å². The summed E-state index contributed by atoms with van der Waals surface area (Å²) in [6, 6.07) is 1.17. The molecule has 0 bridgehead atoms. The molecule has 9 heteroatoms. The van der Waals surface area contributed by atoms with Gasteiger partial charge >= 0.3 is 6.18 Å². The fourth-order valence-electron chi connectivity index (χ4n) is 1.45. The molecule has 0 aliphatic heterocycles. The monoisotopic (exact) mass is 316 g/mol. The third-order valence-electron chi connectivity index (χ3n) is 2.11. The van der Waals surface area contributed by atoms with Crippen LogP contribution >= 0.6 is 11.3 Å². The zero-order valence-corrected chi connectivity index (χ0v) is 12.1. The number of nitrogens with zero attached hydrogens (tertiary/aromatic N) is 1. The van der Waals surface area contributed by atoms with Gasteiger partial charge in [0.15, 0.2) is 0 Å². The summed E-state index contributed by atoms with van der Waals surface area (Å²) in [4.78, 5) is 0. The maximum atomic E-state index is 12.5. The minimum absolute atomic E-state index is 0.171. The van der Waals surface area contributed by atoms with Gasteiger partial charge in [0.2, 0.25) is 0 Å². The molecule has 19 heavy (non-hydrogen) atoms. The van der Waals surface area contributed by atoms with E-state index >= 15 is 0 Å². The lowest BCUT2D eigenvalue weighted by molar-refractivity contribution is -0.136. The number of nitrogen functional groups attached to an aromatic ring is 1. The smallest absolute Gasteiger partial charge is 0.398 e. The topological polar surface area (TPSA) is 63.4 Å². The fourth-order valence-corrected chi connectivity index (χ4v) is 4.27. The number of halogens is 3.